The van der Waals surface area contributed by atoms with Gasteiger partial charge < -0.3 is 19.9 Å². The predicted molar refractivity (Wildman–Crippen MR) is 95.1 cm³/mol. The molecule has 1 aromatic heterocycles. The number of nitrogens with zero attached hydrogens (tertiary/aromatic N) is 4. The minimum atomic E-state index is 0. The fourth-order valence-corrected chi connectivity index (χ4v) is 3.90. The molecule has 0 radical (unpaired) electrons. The molecule has 8 heteroatoms. The molecule has 3 aliphatic rings. The van der Waals surface area contributed by atoms with Gasteiger partial charge in [-0.05, 0) is 13.1 Å². The molecule has 3 saturated heterocycles. The standard InChI is InChI=1S/C15H23N5O.2ClH/c1-19-8-12(15(11-19)9-16-10-15)13-2-3-17-14(18-13)20-4-6-21-7-5-20;;/h2-3,12,16H,4-11H2,1H3;2*1H. The third-order valence-electron chi connectivity index (χ3n) is 5.09. The van der Waals surface area contributed by atoms with Crippen molar-refractivity contribution in [1.82, 2.24) is 20.2 Å². The summed E-state index contributed by atoms with van der Waals surface area (Å²) < 4.78 is 5.41. The van der Waals surface area contributed by atoms with Crippen molar-refractivity contribution in [3.8, 4) is 0 Å². The smallest absolute Gasteiger partial charge is 0.225 e. The summed E-state index contributed by atoms with van der Waals surface area (Å²) in [5.74, 6) is 1.39. The van der Waals surface area contributed by atoms with Crippen molar-refractivity contribution >= 4 is 30.8 Å². The molecule has 4 rings (SSSR count). The van der Waals surface area contributed by atoms with Crippen molar-refractivity contribution in [3.63, 3.8) is 0 Å². The van der Waals surface area contributed by atoms with Gasteiger partial charge in [-0.3, -0.25) is 0 Å². The Balaban J connectivity index is 0.000000960. The molecule has 0 aromatic carbocycles. The Kier molecular flexibility index (Phi) is 6.08. The number of rotatable bonds is 2. The maximum atomic E-state index is 5.41. The summed E-state index contributed by atoms with van der Waals surface area (Å²) >= 11 is 0. The average Bonchev–Trinajstić information content (AvgIpc) is 2.86. The van der Waals surface area contributed by atoms with Gasteiger partial charge in [-0.25, -0.2) is 9.97 Å². The van der Waals surface area contributed by atoms with Crippen LogP contribution in [0.4, 0.5) is 5.95 Å². The summed E-state index contributed by atoms with van der Waals surface area (Å²) in [6.45, 7) is 7.81. The Morgan fingerprint density at radius 3 is 2.65 bits per heavy atom. The van der Waals surface area contributed by atoms with Crippen molar-refractivity contribution in [2.75, 3.05) is 64.4 Å². The Bertz CT molecular complexity index is 522. The first-order valence-corrected chi connectivity index (χ1v) is 7.82. The van der Waals surface area contributed by atoms with Gasteiger partial charge in [-0.1, -0.05) is 0 Å². The largest absolute Gasteiger partial charge is 0.378 e. The molecule has 0 bridgehead atoms. The zero-order valence-electron chi connectivity index (χ0n) is 13.4. The van der Waals surface area contributed by atoms with Crippen LogP contribution < -0.4 is 10.2 Å². The van der Waals surface area contributed by atoms with E-state index in [1.54, 1.807) is 0 Å². The lowest BCUT2D eigenvalue weighted by molar-refractivity contribution is 0.122. The SMILES string of the molecule is CN1CC(c2ccnc(N3CCOCC3)n2)C2(CNC2)C1.Cl.Cl. The second kappa shape index (κ2) is 7.49. The molecule has 3 fully saturated rings. The third kappa shape index (κ3) is 3.42. The molecule has 1 N–H and O–H groups in total. The lowest BCUT2D eigenvalue weighted by Gasteiger charge is -2.43. The van der Waals surface area contributed by atoms with Crippen LogP contribution in [0.3, 0.4) is 0 Å². The summed E-state index contributed by atoms with van der Waals surface area (Å²) in [4.78, 5) is 14.0. The fraction of sp³-hybridized carbons (Fsp3) is 0.733. The highest BCUT2D eigenvalue weighted by molar-refractivity contribution is 5.85. The van der Waals surface area contributed by atoms with Gasteiger partial charge in [-0.15, -0.1) is 24.8 Å². The van der Waals surface area contributed by atoms with Crippen LogP contribution in [-0.2, 0) is 4.74 Å². The highest BCUT2D eigenvalue weighted by Gasteiger charge is 2.50. The average molecular weight is 362 g/mol. The van der Waals surface area contributed by atoms with E-state index in [4.69, 9.17) is 9.72 Å². The van der Waals surface area contributed by atoms with Gasteiger partial charge >= 0.3 is 0 Å². The normalized spacial score (nSPS) is 26.3. The molecule has 4 heterocycles. The molecule has 1 spiro atoms. The third-order valence-corrected chi connectivity index (χ3v) is 5.09. The number of likely N-dealkylation sites (tertiary alicyclic amines) is 1. The van der Waals surface area contributed by atoms with Crippen LogP contribution in [0.15, 0.2) is 12.3 Å². The number of anilines is 1. The topological polar surface area (TPSA) is 53.5 Å². The van der Waals surface area contributed by atoms with Crippen molar-refractivity contribution in [3.05, 3.63) is 18.0 Å². The van der Waals surface area contributed by atoms with E-state index >= 15 is 0 Å². The number of morpholine rings is 1. The monoisotopic (exact) mass is 361 g/mol. The molecule has 1 unspecified atom stereocenters. The number of aromatic nitrogens is 2. The highest BCUT2D eigenvalue weighted by Crippen LogP contribution is 2.44. The molecule has 0 amide bonds. The van der Waals surface area contributed by atoms with Crippen molar-refractivity contribution in [2.45, 2.75) is 5.92 Å². The molecule has 0 aliphatic carbocycles. The highest BCUT2D eigenvalue weighted by atomic mass is 35.5. The summed E-state index contributed by atoms with van der Waals surface area (Å²) in [5.41, 5.74) is 1.59. The van der Waals surface area contributed by atoms with Crippen LogP contribution in [0.5, 0.6) is 0 Å². The fourth-order valence-electron chi connectivity index (χ4n) is 3.90. The maximum Gasteiger partial charge on any atom is 0.225 e. The first-order chi connectivity index (χ1) is 10.3. The second-order valence-corrected chi connectivity index (χ2v) is 6.60. The van der Waals surface area contributed by atoms with E-state index in [2.05, 4.69) is 33.2 Å². The number of hydrogen-bond acceptors (Lipinski definition) is 6. The van der Waals surface area contributed by atoms with Crippen LogP contribution in [0.1, 0.15) is 11.6 Å². The van der Waals surface area contributed by atoms with Crippen LogP contribution in [-0.4, -0.2) is 74.4 Å². The van der Waals surface area contributed by atoms with Gasteiger partial charge in [0.25, 0.3) is 0 Å². The van der Waals surface area contributed by atoms with E-state index < -0.39 is 0 Å². The van der Waals surface area contributed by atoms with E-state index in [-0.39, 0.29) is 24.8 Å². The number of nitrogens with one attached hydrogen (secondary N) is 1. The summed E-state index contributed by atoms with van der Waals surface area (Å²) in [7, 11) is 2.21. The Labute approximate surface area is 149 Å². The summed E-state index contributed by atoms with van der Waals surface area (Å²) in [6, 6.07) is 2.11. The zero-order chi connectivity index (χ0) is 14.3. The Morgan fingerprint density at radius 1 is 1.26 bits per heavy atom. The van der Waals surface area contributed by atoms with E-state index in [1.807, 2.05) is 6.20 Å². The van der Waals surface area contributed by atoms with E-state index in [0.717, 1.165) is 51.9 Å². The van der Waals surface area contributed by atoms with Crippen molar-refractivity contribution in [2.24, 2.45) is 5.41 Å². The van der Waals surface area contributed by atoms with Crippen LogP contribution >= 0.6 is 24.8 Å². The number of hydrogen-bond donors (Lipinski definition) is 1. The van der Waals surface area contributed by atoms with Gasteiger partial charge in [0.05, 0.1) is 18.9 Å². The van der Waals surface area contributed by atoms with Crippen LogP contribution in [0, 0.1) is 5.41 Å². The van der Waals surface area contributed by atoms with E-state index in [1.165, 1.54) is 12.2 Å². The molecule has 3 aliphatic heterocycles. The summed E-state index contributed by atoms with van der Waals surface area (Å²) in [5, 5.41) is 3.45. The lowest BCUT2D eigenvalue weighted by Crippen LogP contribution is -2.57. The van der Waals surface area contributed by atoms with Gasteiger partial charge in [-0.2, -0.15) is 0 Å². The number of halogens is 2. The molecule has 1 atom stereocenters. The predicted octanol–water partition coefficient (Wildman–Crippen LogP) is 0.775. The maximum absolute atomic E-state index is 5.41. The Morgan fingerprint density at radius 2 is 2.00 bits per heavy atom. The minimum absolute atomic E-state index is 0. The molecule has 23 heavy (non-hydrogen) atoms. The molecule has 130 valence electrons. The van der Waals surface area contributed by atoms with Gasteiger partial charge in [0.15, 0.2) is 0 Å². The quantitative estimate of drug-likeness (QED) is 0.839. The first kappa shape index (κ1) is 18.7. The minimum Gasteiger partial charge on any atom is -0.378 e. The molecule has 1 aromatic rings. The van der Waals surface area contributed by atoms with Crippen LogP contribution in [0.25, 0.3) is 0 Å². The molecular formula is C15H25Cl2N5O. The number of likely N-dealkylation sites (N-methyl/N-ethyl adjacent to an activating group) is 1. The van der Waals surface area contributed by atoms with Gasteiger partial charge in [0, 0.05) is 56.8 Å². The van der Waals surface area contributed by atoms with E-state index in [0.29, 0.717) is 11.3 Å². The van der Waals surface area contributed by atoms with Crippen molar-refractivity contribution < 1.29 is 4.74 Å². The number of ether oxygens (including phenoxy) is 1. The van der Waals surface area contributed by atoms with E-state index in [9.17, 15) is 0 Å². The van der Waals surface area contributed by atoms with Crippen LogP contribution in [0.2, 0.25) is 0 Å². The van der Waals surface area contributed by atoms with Gasteiger partial charge in [0.1, 0.15) is 0 Å². The Hall–Kier alpha value is -0.660. The first-order valence-electron chi connectivity index (χ1n) is 7.82. The molecule has 0 saturated carbocycles. The lowest BCUT2D eigenvalue weighted by atomic mass is 9.71. The van der Waals surface area contributed by atoms with Crippen molar-refractivity contribution in [1.29, 1.82) is 0 Å². The molecule has 6 nitrogen and oxygen atoms in total. The van der Waals surface area contributed by atoms with Gasteiger partial charge in [0.2, 0.25) is 5.95 Å². The molecular weight excluding hydrogens is 337 g/mol. The second-order valence-electron chi connectivity index (χ2n) is 6.60. The summed E-state index contributed by atoms with van der Waals surface area (Å²) in [6.07, 6.45) is 1.92. The zero-order valence-corrected chi connectivity index (χ0v) is 15.0.